The second-order valence-corrected chi connectivity index (χ2v) is 10.7. The van der Waals surface area contributed by atoms with Crippen molar-refractivity contribution in [2.75, 3.05) is 6.54 Å². The Labute approximate surface area is 191 Å². The minimum atomic E-state index is -0.0562. The van der Waals surface area contributed by atoms with Crippen molar-refractivity contribution >= 4 is 44.2 Å². The molecule has 0 radical (unpaired) electrons. The van der Waals surface area contributed by atoms with E-state index in [9.17, 15) is 4.79 Å². The van der Waals surface area contributed by atoms with Crippen molar-refractivity contribution in [3.8, 4) is 10.4 Å². The molecule has 31 heavy (non-hydrogen) atoms. The Morgan fingerprint density at radius 2 is 1.97 bits per heavy atom. The molecule has 4 aromatic heterocycles. The van der Waals surface area contributed by atoms with Gasteiger partial charge in [-0.15, -0.1) is 34.0 Å². The summed E-state index contributed by atoms with van der Waals surface area (Å²) < 4.78 is 0. The zero-order chi connectivity index (χ0) is 20.8. The van der Waals surface area contributed by atoms with Gasteiger partial charge in [0.2, 0.25) is 0 Å². The molecule has 5 aromatic rings. The second kappa shape index (κ2) is 7.84. The summed E-state index contributed by atoms with van der Waals surface area (Å²) in [4.78, 5) is 27.9. The molecule has 6 rings (SSSR count). The Morgan fingerprint density at radius 1 is 1.06 bits per heavy atom. The van der Waals surface area contributed by atoms with E-state index in [0.717, 1.165) is 34.1 Å². The van der Waals surface area contributed by atoms with E-state index >= 15 is 0 Å². The number of thiophene rings is 3. The molecule has 1 unspecified atom stereocenters. The molecule has 0 bridgehead atoms. The first-order valence-corrected chi connectivity index (χ1v) is 12.8. The van der Waals surface area contributed by atoms with Gasteiger partial charge in [-0.1, -0.05) is 36.4 Å². The lowest BCUT2D eigenvalue weighted by Crippen LogP contribution is -2.35. The summed E-state index contributed by atoms with van der Waals surface area (Å²) in [7, 11) is 0. The molecule has 0 amide bonds. The molecule has 0 saturated carbocycles. The Hall–Kier alpha value is -2.58. The van der Waals surface area contributed by atoms with E-state index < -0.39 is 0 Å². The number of nitrogens with one attached hydrogen (secondary N) is 1. The lowest BCUT2D eigenvalue weighted by atomic mass is 9.98. The molecule has 0 aliphatic carbocycles. The quantitative estimate of drug-likeness (QED) is 0.361. The van der Waals surface area contributed by atoms with Crippen LogP contribution in [-0.2, 0) is 13.0 Å². The summed E-state index contributed by atoms with van der Waals surface area (Å²) in [5, 5.41) is 5.00. The highest BCUT2D eigenvalue weighted by molar-refractivity contribution is 7.21. The number of H-pyrrole nitrogens is 1. The number of aromatic amines is 1. The molecule has 1 atom stereocenters. The Morgan fingerprint density at radius 3 is 2.81 bits per heavy atom. The van der Waals surface area contributed by atoms with Crippen LogP contribution in [0.15, 0.2) is 70.2 Å². The van der Waals surface area contributed by atoms with Crippen LogP contribution >= 0.6 is 34.0 Å². The normalized spacial score (nSPS) is 16.6. The third-order valence-electron chi connectivity index (χ3n) is 5.74. The van der Waals surface area contributed by atoms with Gasteiger partial charge < -0.3 is 4.98 Å². The van der Waals surface area contributed by atoms with Crippen LogP contribution < -0.4 is 5.56 Å². The van der Waals surface area contributed by atoms with E-state index in [4.69, 9.17) is 4.98 Å². The third kappa shape index (κ3) is 3.47. The van der Waals surface area contributed by atoms with Gasteiger partial charge in [-0.25, -0.2) is 4.98 Å². The van der Waals surface area contributed by atoms with Gasteiger partial charge in [0.25, 0.3) is 5.56 Å². The van der Waals surface area contributed by atoms with Gasteiger partial charge in [0.05, 0.1) is 18.0 Å². The molecule has 0 spiro atoms. The molecule has 5 heterocycles. The first-order chi connectivity index (χ1) is 15.3. The number of aromatic nitrogens is 2. The third-order valence-corrected chi connectivity index (χ3v) is 8.74. The highest BCUT2D eigenvalue weighted by Crippen LogP contribution is 2.40. The Bertz CT molecular complexity index is 1400. The van der Waals surface area contributed by atoms with Crippen LogP contribution in [-0.4, -0.2) is 21.4 Å². The summed E-state index contributed by atoms with van der Waals surface area (Å²) in [6.45, 7) is 1.58. The molecule has 0 fully saturated rings. The van der Waals surface area contributed by atoms with Crippen molar-refractivity contribution in [3.05, 3.63) is 96.9 Å². The molecular formula is C24H19N3OS3. The summed E-state index contributed by atoms with van der Waals surface area (Å²) in [5.41, 5.74) is 2.45. The van der Waals surface area contributed by atoms with Gasteiger partial charge in [0, 0.05) is 21.2 Å². The molecule has 1 aliphatic heterocycles. The van der Waals surface area contributed by atoms with Crippen LogP contribution in [0.25, 0.3) is 20.7 Å². The van der Waals surface area contributed by atoms with Crippen molar-refractivity contribution in [2.24, 2.45) is 0 Å². The highest BCUT2D eigenvalue weighted by atomic mass is 32.1. The molecule has 1 aliphatic rings. The standard InChI is InChI=1S/C24H19N3OS3/c28-23-17-13-20(15-5-2-1-3-6-15)31-24(17)26-21(25-23)14-27-10-8-18-16(9-12-30-18)22(27)19-7-4-11-29-19/h1-7,9,11-13,22H,8,10,14H2,(H,25,26,28). The average molecular weight is 462 g/mol. The van der Waals surface area contributed by atoms with Crippen molar-refractivity contribution in [2.45, 2.75) is 19.0 Å². The first-order valence-electron chi connectivity index (χ1n) is 10.2. The van der Waals surface area contributed by atoms with Crippen molar-refractivity contribution in [1.82, 2.24) is 14.9 Å². The maximum Gasteiger partial charge on any atom is 0.259 e. The largest absolute Gasteiger partial charge is 0.309 e. The minimum absolute atomic E-state index is 0.0562. The molecule has 1 aromatic carbocycles. The maximum atomic E-state index is 12.8. The zero-order valence-corrected chi connectivity index (χ0v) is 19.0. The number of benzene rings is 1. The second-order valence-electron chi connectivity index (χ2n) is 7.65. The van der Waals surface area contributed by atoms with E-state index in [1.807, 2.05) is 35.6 Å². The monoisotopic (exact) mass is 461 g/mol. The minimum Gasteiger partial charge on any atom is -0.309 e. The highest BCUT2D eigenvalue weighted by Gasteiger charge is 2.30. The topological polar surface area (TPSA) is 49.0 Å². The van der Waals surface area contributed by atoms with E-state index in [1.54, 1.807) is 22.7 Å². The van der Waals surface area contributed by atoms with Gasteiger partial charge in [0.1, 0.15) is 10.7 Å². The number of rotatable bonds is 4. The van der Waals surface area contributed by atoms with E-state index in [2.05, 4.69) is 51.0 Å². The van der Waals surface area contributed by atoms with Gasteiger partial charge in [-0.3, -0.25) is 9.69 Å². The Kier molecular flexibility index (Phi) is 4.84. The lowest BCUT2D eigenvalue weighted by Gasteiger charge is -2.35. The van der Waals surface area contributed by atoms with Crippen molar-refractivity contribution in [1.29, 1.82) is 0 Å². The molecule has 0 saturated heterocycles. The van der Waals surface area contributed by atoms with E-state index in [-0.39, 0.29) is 11.6 Å². The number of fused-ring (bicyclic) bond motifs is 2. The smallest absolute Gasteiger partial charge is 0.259 e. The fourth-order valence-corrected chi connectivity index (χ4v) is 7.14. The average Bonchev–Trinajstić information content (AvgIpc) is 3.55. The predicted molar refractivity (Wildman–Crippen MR) is 130 cm³/mol. The molecule has 1 N–H and O–H groups in total. The molecular weight excluding hydrogens is 442 g/mol. The predicted octanol–water partition coefficient (Wildman–Crippen LogP) is 5.92. The summed E-state index contributed by atoms with van der Waals surface area (Å²) in [6, 6.07) is 18.9. The van der Waals surface area contributed by atoms with Crippen LogP contribution in [0, 0.1) is 0 Å². The summed E-state index contributed by atoms with van der Waals surface area (Å²) >= 11 is 5.22. The fraction of sp³-hybridized carbons (Fsp3) is 0.167. The van der Waals surface area contributed by atoms with Crippen LogP contribution in [0.3, 0.4) is 0 Å². The van der Waals surface area contributed by atoms with E-state index in [1.165, 1.54) is 15.3 Å². The number of hydrogen-bond donors (Lipinski definition) is 1. The number of nitrogens with zero attached hydrogens (tertiary/aromatic N) is 2. The van der Waals surface area contributed by atoms with Gasteiger partial charge in [-0.2, -0.15) is 0 Å². The lowest BCUT2D eigenvalue weighted by molar-refractivity contribution is 0.204. The van der Waals surface area contributed by atoms with Gasteiger partial charge >= 0.3 is 0 Å². The summed E-state index contributed by atoms with van der Waals surface area (Å²) in [5.74, 6) is 0.735. The SMILES string of the molecule is O=c1[nH]c(CN2CCc3sccc3C2c2cccs2)nc2sc(-c3ccccc3)cc12. The van der Waals surface area contributed by atoms with E-state index in [0.29, 0.717) is 11.9 Å². The van der Waals surface area contributed by atoms with Gasteiger partial charge in [0.15, 0.2) is 0 Å². The molecule has 7 heteroatoms. The Balaban J connectivity index is 1.37. The zero-order valence-electron chi connectivity index (χ0n) is 16.6. The van der Waals surface area contributed by atoms with Crippen LogP contribution in [0.5, 0.6) is 0 Å². The van der Waals surface area contributed by atoms with Crippen LogP contribution in [0.4, 0.5) is 0 Å². The van der Waals surface area contributed by atoms with Crippen molar-refractivity contribution < 1.29 is 0 Å². The molecule has 154 valence electrons. The van der Waals surface area contributed by atoms with Crippen LogP contribution in [0.2, 0.25) is 0 Å². The summed E-state index contributed by atoms with van der Waals surface area (Å²) in [6.07, 6.45) is 1.04. The van der Waals surface area contributed by atoms with Gasteiger partial charge in [-0.05, 0) is 46.5 Å². The maximum absolute atomic E-state index is 12.8. The van der Waals surface area contributed by atoms with Crippen molar-refractivity contribution in [3.63, 3.8) is 0 Å². The molecule has 4 nitrogen and oxygen atoms in total. The van der Waals surface area contributed by atoms with Crippen LogP contribution in [0.1, 0.15) is 27.2 Å². The first kappa shape index (κ1) is 19.1. The fourth-order valence-electron chi connectivity index (χ4n) is 4.31. The number of hydrogen-bond acceptors (Lipinski definition) is 6.